The van der Waals surface area contributed by atoms with E-state index in [-0.39, 0.29) is 22.7 Å². The first-order valence-corrected chi connectivity index (χ1v) is 17.2. The first-order chi connectivity index (χ1) is 14.5. The summed E-state index contributed by atoms with van der Waals surface area (Å²) < 4.78 is 18.5. The fraction of sp³-hybridized carbons (Fsp3) is 0.500. The van der Waals surface area contributed by atoms with Crippen LogP contribution in [0.4, 0.5) is 0 Å². The Morgan fingerprint density at radius 2 is 1.19 bits per heavy atom. The molecule has 174 valence electrons. The fourth-order valence-corrected chi connectivity index (χ4v) is 5.17. The lowest BCUT2D eigenvalue weighted by Gasteiger charge is -2.36. The molecule has 2 aromatic carbocycles. The first kappa shape index (κ1) is 24.6. The van der Waals surface area contributed by atoms with E-state index >= 15 is 0 Å². The number of hydrogen-bond donors (Lipinski definition) is 0. The topological polar surface area (TPSA) is 44.8 Å². The predicted molar refractivity (Wildman–Crippen MR) is 137 cm³/mol. The molecule has 0 unspecified atom stereocenters. The van der Waals surface area contributed by atoms with Gasteiger partial charge in [-0.3, -0.25) is 0 Å². The highest BCUT2D eigenvalue weighted by atomic mass is 28.4. The molecule has 0 saturated heterocycles. The second kappa shape index (κ2) is 8.06. The van der Waals surface area contributed by atoms with Gasteiger partial charge in [0.15, 0.2) is 0 Å². The van der Waals surface area contributed by atoms with Gasteiger partial charge in [-0.25, -0.2) is 4.79 Å². The van der Waals surface area contributed by atoms with Crippen molar-refractivity contribution >= 4 is 22.6 Å². The van der Waals surface area contributed by atoms with Gasteiger partial charge in [-0.1, -0.05) is 47.6 Å². The van der Waals surface area contributed by atoms with E-state index in [0.717, 1.165) is 28.2 Å². The van der Waals surface area contributed by atoms with Gasteiger partial charge in [0.1, 0.15) is 18.1 Å². The lowest BCUT2D eigenvalue weighted by molar-refractivity contribution is 0.0478. The van der Waals surface area contributed by atoms with Crippen molar-refractivity contribution in [3.05, 3.63) is 47.5 Å². The molecule has 0 spiro atoms. The van der Waals surface area contributed by atoms with Crippen LogP contribution in [-0.2, 0) is 11.3 Å². The lowest BCUT2D eigenvalue weighted by Crippen LogP contribution is -2.43. The SMILES string of the molecule is CC(C)(C)[Si](C)(C)Oc1ccc2c(c1)COC(=O)c1cc(O[Si](C)(C)C(C)(C)C)ccc1-2. The fourth-order valence-electron chi connectivity index (χ4n) is 3.12. The summed E-state index contributed by atoms with van der Waals surface area (Å²) in [7, 11) is -3.96. The largest absolute Gasteiger partial charge is 0.543 e. The minimum atomic E-state index is -2.01. The van der Waals surface area contributed by atoms with Crippen molar-refractivity contribution < 1.29 is 18.4 Å². The number of carbonyl (C=O) groups excluding carboxylic acids is 1. The van der Waals surface area contributed by atoms with Crippen LogP contribution in [0.5, 0.6) is 11.5 Å². The molecule has 0 atom stereocenters. The van der Waals surface area contributed by atoms with Gasteiger partial charge in [-0.2, -0.15) is 0 Å². The van der Waals surface area contributed by atoms with Crippen LogP contribution in [0.3, 0.4) is 0 Å². The van der Waals surface area contributed by atoms with Crippen molar-refractivity contribution in [1.82, 2.24) is 0 Å². The molecule has 1 heterocycles. The Morgan fingerprint density at radius 3 is 1.69 bits per heavy atom. The summed E-state index contributed by atoms with van der Waals surface area (Å²) in [5.41, 5.74) is 3.40. The van der Waals surface area contributed by atoms with E-state index in [0.29, 0.717) is 5.56 Å². The van der Waals surface area contributed by atoms with E-state index in [9.17, 15) is 4.79 Å². The molecule has 4 nitrogen and oxygen atoms in total. The number of rotatable bonds is 4. The number of carbonyl (C=O) groups is 1. The van der Waals surface area contributed by atoms with E-state index in [4.69, 9.17) is 13.6 Å². The Morgan fingerprint density at radius 1 is 0.719 bits per heavy atom. The molecule has 0 bridgehead atoms. The van der Waals surface area contributed by atoms with Crippen LogP contribution in [0.1, 0.15) is 57.5 Å². The maximum absolute atomic E-state index is 12.8. The summed E-state index contributed by atoms with van der Waals surface area (Å²) in [6.45, 7) is 22.4. The van der Waals surface area contributed by atoms with Gasteiger partial charge >= 0.3 is 5.97 Å². The Kier molecular flexibility index (Phi) is 6.19. The number of cyclic esters (lactones) is 1. The molecule has 0 aromatic heterocycles. The molecule has 0 saturated carbocycles. The highest BCUT2D eigenvalue weighted by Crippen LogP contribution is 2.41. The quantitative estimate of drug-likeness (QED) is 0.338. The van der Waals surface area contributed by atoms with Crippen LogP contribution < -0.4 is 8.85 Å². The van der Waals surface area contributed by atoms with Crippen molar-refractivity contribution in [1.29, 1.82) is 0 Å². The van der Waals surface area contributed by atoms with Crippen LogP contribution in [0, 0.1) is 0 Å². The third-order valence-corrected chi connectivity index (χ3v) is 16.0. The number of benzene rings is 2. The average Bonchev–Trinajstić information content (AvgIpc) is 2.76. The standard InChI is InChI=1S/C26H38O4Si2/c1-25(2,3)31(7,8)29-19-11-13-21-18(15-19)17-28-24(27)23-16-20(12-14-22(21)23)30-32(9,10)26(4,5)6/h11-16H,17H2,1-10H3. The minimum Gasteiger partial charge on any atom is -0.543 e. The summed E-state index contributed by atoms with van der Waals surface area (Å²) in [4.78, 5) is 12.8. The van der Waals surface area contributed by atoms with Crippen LogP contribution >= 0.6 is 0 Å². The monoisotopic (exact) mass is 470 g/mol. The Hall–Kier alpha value is -2.06. The average molecular weight is 471 g/mol. The van der Waals surface area contributed by atoms with Gasteiger partial charge in [-0.05, 0) is 77.7 Å². The van der Waals surface area contributed by atoms with Gasteiger partial charge in [0.05, 0.1) is 5.56 Å². The van der Waals surface area contributed by atoms with Gasteiger partial charge in [0, 0.05) is 5.56 Å². The van der Waals surface area contributed by atoms with Crippen molar-refractivity contribution in [2.24, 2.45) is 0 Å². The summed E-state index contributed by atoms with van der Waals surface area (Å²) in [5, 5.41) is 0.187. The van der Waals surface area contributed by atoms with E-state index in [1.54, 1.807) is 0 Å². The molecule has 0 N–H and O–H groups in total. The molecular weight excluding hydrogens is 432 g/mol. The third-order valence-electron chi connectivity index (χ3n) is 7.29. The van der Waals surface area contributed by atoms with Crippen LogP contribution in [-0.4, -0.2) is 22.6 Å². The van der Waals surface area contributed by atoms with E-state index in [2.05, 4.69) is 67.7 Å². The molecule has 1 aliphatic heterocycles. The zero-order chi connectivity index (χ0) is 24.1. The number of ether oxygens (including phenoxy) is 1. The number of hydrogen-bond acceptors (Lipinski definition) is 4. The van der Waals surface area contributed by atoms with Crippen molar-refractivity contribution in [2.45, 2.75) is 84.4 Å². The summed E-state index contributed by atoms with van der Waals surface area (Å²) >= 11 is 0. The molecule has 32 heavy (non-hydrogen) atoms. The Balaban J connectivity index is 1.98. The molecule has 1 aliphatic rings. The zero-order valence-electron chi connectivity index (χ0n) is 21.3. The van der Waals surface area contributed by atoms with Gasteiger partial charge < -0.3 is 13.6 Å². The predicted octanol–water partition coefficient (Wildman–Crippen LogP) is 7.79. The molecular formula is C26H38O4Si2. The van der Waals surface area contributed by atoms with E-state index in [1.807, 2.05) is 36.4 Å². The maximum atomic E-state index is 12.8. The van der Waals surface area contributed by atoms with Gasteiger partial charge in [0.2, 0.25) is 16.6 Å². The number of fused-ring (bicyclic) bond motifs is 3. The summed E-state index contributed by atoms with van der Waals surface area (Å²) in [6, 6.07) is 11.9. The molecule has 6 heteroatoms. The van der Waals surface area contributed by atoms with Crippen LogP contribution in [0.2, 0.25) is 36.3 Å². The van der Waals surface area contributed by atoms with Crippen LogP contribution in [0.25, 0.3) is 11.1 Å². The smallest absolute Gasteiger partial charge is 0.339 e. The highest BCUT2D eigenvalue weighted by Gasteiger charge is 2.40. The summed E-state index contributed by atoms with van der Waals surface area (Å²) in [5.74, 6) is 1.25. The second-order valence-corrected chi connectivity index (χ2v) is 21.3. The Labute approximate surface area is 195 Å². The van der Waals surface area contributed by atoms with E-state index < -0.39 is 16.6 Å². The molecule has 0 radical (unpaired) electrons. The number of esters is 1. The Bertz CT molecular complexity index is 1030. The molecule has 3 rings (SSSR count). The molecule has 2 aromatic rings. The van der Waals surface area contributed by atoms with Crippen molar-refractivity contribution in [3.63, 3.8) is 0 Å². The molecule has 0 amide bonds. The highest BCUT2D eigenvalue weighted by molar-refractivity contribution is 6.75. The molecule has 0 aliphatic carbocycles. The molecule has 0 fully saturated rings. The maximum Gasteiger partial charge on any atom is 0.339 e. The van der Waals surface area contributed by atoms with E-state index in [1.165, 1.54) is 0 Å². The second-order valence-electron chi connectivity index (χ2n) is 11.8. The third kappa shape index (κ3) is 4.81. The summed E-state index contributed by atoms with van der Waals surface area (Å²) in [6.07, 6.45) is 0. The normalized spacial score (nSPS) is 14.8. The van der Waals surface area contributed by atoms with Crippen molar-refractivity contribution in [3.8, 4) is 22.6 Å². The van der Waals surface area contributed by atoms with Gasteiger partial charge in [-0.15, -0.1) is 0 Å². The van der Waals surface area contributed by atoms with Gasteiger partial charge in [0.25, 0.3) is 0 Å². The first-order valence-electron chi connectivity index (χ1n) is 11.3. The van der Waals surface area contributed by atoms with Crippen molar-refractivity contribution in [2.75, 3.05) is 0 Å². The zero-order valence-corrected chi connectivity index (χ0v) is 23.3. The minimum absolute atomic E-state index is 0.0768. The lowest BCUT2D eigenvalue weighted by atomic mass is 9.96. The van der Waals surface area contributed by atoms with Crippen LogP contribution in [0.15, 0.2) is 36.4 Å².